The lowest BCUT2D eigenvalue weighted by molar-refractivity contribution is -0.114. The molecule has 0 aliphatic carbocycles. The zero-order valence-electron chi connectivity index (χ0n) is 14.5. The number of para-hydroxylation sites is 1. The van der Waals surface area contributed by atoms with Gasteiger partial charge in [0.05, 0.1) is 6.54 Å². The molecule has 0 unspecified atom stereocenters. The Kier molecular flexibility index (Phi) is 6.28. The minimum atomic E-state index is -0.164. The van der Waals surface area contributed by atoms with Crippen LogP contribution >= 0.6 is 15.9 Å². The smallest absolute Gasteiger partial charge is 0.253 e. The minimum Gasteiger partial charge on any atom is -0.375 e. The number of likely N-dealkylation sites (tertiary alicyclic amines) is 1. The van der Waals surface area contributed by atoms with E-state index in [0.717, 1.165) is 36.1 Å². The maximum absolute atomic E-state index is 12.6. The summed E-state index contributed by atoms with van der Waals surface area (Å²) in [7, 11) is 0. The maximum Gasteiger partial charge on any atom is 0.253 e. The van der Waals surface area contributed by atoms with Crippen molar-refractivity contribution >= 4 is 39.1 Å². The van der Waals surface area contributed by atoms with Crippen LogP contribution in [0, 0.1) is 0 Å². The molecule has 1 fully saturated rings. The molecule has 2 N–H and O–H groups in total. The molecule has 0 bridgehead atoms. The van der Waals surface area contributed by atoms with E-state index in [1.54, 1.807) is 24.3 Å². The van der Waals surface area contributed by atoms with Crippen molar-refractivity contribution in [3.63, 3.8) is 0 Å². The average Bonchev–Trinajstić information content (AvgIpc) is 2.68. The van der Waals surface area contributed by atoms with Gasteiger partial charge in [0, 0.05) is 34.5 Å². The zero-order valence-corrected chi connectivity index (χ0v) is 16.1. The van der Waals surface area contributed by atoms with E-state index in [4.69, 9.17) is 0 Å². The third-order valence-electron chi connectivity index (χ3n) is 4.35. The Morgan fingerprint density at radius 1 is 1.00 bits per heavy atom. The molecule has 2 amide bonds. The summed E-state index contributed by atoms with van der Waals surface area (Å²) in [6.45, 7) is 1.77. The number of halogens is 1. The summed E-state index contributed by atoms with van der Waals surface area (Å²) in [5.41, 5.74) is 2.10. The molecule has 26 heavy (non-hydrogen) atoms. The minimum absolute atomic E-state index is 0.0344. The van der Waals surface area contributed by atoms with Gasteiger partial charge in [-0.3, -0.25) is 9.59 Å². The van der Waals surface area contributed by atoms with Crippen LogP contribution in [-0.4, -0.2) is 36.3 Å². The second-order valence-corrected chi connectivity index (χ2v) is 7.17. The number of benzene rings is 2. The van der Waals surface area contributed by atoms with Crippen molar-refractivity contribution in [2.45, 2.75) is 19.3 Å². The van der Waals surface area contributed by atoms with Crippen molar-refractivity contribution in [3.8, 4) is 0 Å². The molecule has 0 aromatic heterocycles. The fourth-order valence-electron chi connectivity index (χ4n) is 2.99. The number of amides is 2. The lowest BCUT2D eigenvalue weighted by atomic mass is 10.1. The Morgan fingerprint density at radius 2 is 1.77 bits per heavy atom. The van der Waals surface area contributed by atoms with Gasteiger partial charge in [0.15, 0.2) is 0 Å². The van der Waals surface area contributed by atoms with Gasteiger partial charge in [-0.15, -0.1) is 0 Å². The molecular weight excluding hydrogens is 394 g/mol. The van der Waals surface area contributed by atoms with Gasteiger partial charge >= 0.3 is 0 Å². The van der Waals surface area contributed by atoms with Crippen molar-refractivity contribution in [1.82, 2.24) is 4.90 Å². The molecular formula is C20H22BrN3O2. The topological polar surface area (TPSA) is 61.4 Å². The molecule has 0 spiro atoms. The number of nitrogens with zero attached hydrogens (tertiary/aromatic N) is 1. The van der Waals surface area contributed by atoms with E-state index in [9.17, 15) is 9.59 Å². The molecule has 1 heterocycles. The molecule has 3 rings (SSSR count). The molecule has 1 aliphatic rings. The second-order valence-electron chi connectivity index (χ2n) is 6.32. The van der Waals surface area contributed by atoms with Crippen molar-refractivity contribution < 1.29 is 9.59 Å². The number of hydrogen-bond acceptors (Lipinski definition) is 3. The van der Waals surface area contributed by atoms with Crippen molar-refractivity contribution in [3.05, 3.63) is 58.6 Å². The van der Waals surface area contributed by atoms with Crippen LogP contribution in [0.15, 0.2) is 53.0 Å². The molecule has 2 aromatic rings. The van der Waals surface area contributed by atoms with Crippen LogP contribution in [0.4, 0.5) is 11.4 Å². The molecule has 0 radical (unpaired) electrons. The number of anilines is 2. The van der Waals surface area contributed by atoms with Gasteiger partial charge in [0.1, 0.15) is 0 Å². The fraction of sp³-hybridized carbons (Fsp3) is 0.300. The highest BCUT2D eigenvalue weighted by molar-refractivity contribution is 9.10. The standard InChI is InChI=1S/C20H22BrN3O2/c21-17-9-2-3-10-18(17)22-14-19(25)23-16-8-6-7-15(13-16)20(26)24-11-4-1-5-12-24/h2-3,6-10,13,22H,1,4-5,11-12,14H2,(H,23,25). The van der Waals surface area contributed by atoms with Crippen molar-refractivity contribution in [1.29, 1.82) is 0 Å². The monoisotopic (exact) mass is 415 g/mol. The van der Waals surface area contributed by atoms with Crippen LogP contribution in [-0.2, 0) is 4.79 Å². The van der Waals surface area contributed by atoms with E-state index in [1.807, 2.05) is 29.2 Å². The number of carbonyl (C=O) groups is 2. The molecule has 6 heteroatoms. The number of hydrogen-bond donors (Lipinski definition) is 2. The third kappa shape index (κ3) is 4.85. The Hall–Kier alpha value is -2.34. The second kappa shape index (κ2) is 8.85. The summed E-state index contributed by atoms with van der Waals surface area (Å²) in [4.78, 5) is 26.7. The summed E-state index contributed by atoms with van der Waals surface area (Å²) in [5, 5.41) is 5.93. The summed E-state index contributed by atoms with van der Waals surface area (Å²) in [6, 6.07) is 14.8. The highest BCUT2D eigenvalue weighted by atomic mass is 79.9. The Bertz CT molecular complexity index is 788. The largest absolute Gasteiger partial charge is 0.375 e. The molecule has 1 aliphatic heterocycles. The van der Waals surface area contributed by atoms with Gasteiger partial charge in [-0.05, 0) is 65.5 Å². The predicted octanol–water partition coefficient (Wildman–Crippen LogP) is 4.13. The summed E-state index contributed by atoms with van der Waals surface area (Å²) in [6.07, 6.45) is 3.30. The summed E-state index contributed by atoms with van der Waals surface area (Å²) < 4.78 is 0.905. The van der Waals surface area contributed by atoms with E-state index >= 15 is 0 Å². The van der Waals surface area contributed by atoms with Gasteiger partial charge in [0.2, 0.25) is 5.91 Å². The third-order valence-corrected chi connectivity index (χ3v) is 5.04. The number of rotatable bonds is 5. The van der Waals surface area contributed by atoms with E-state index < -0.39 is 0 Å². The highest BCUT2D eigenvalue weighted by Gasteiger charge is 2.18. The first-order valence-corrected chi connectivity index (χ1v) is 9.60. The first-order chi connectivity index (χ1) is 12.6. The Balaban J connectivity index is 1.58. The Morgan fingerprint density at radius 3 is 2.54 bits per heavy atom. The van der Waals surface area contributed by atoms with Gasteiger partial charge in [-0.25, -0.2) is 0 Å². The van der Waals surface area contributed by atoms with E-state index in [-0.39, 0.29) is 18.4 Å². The Labute approximate surface area is 161 Å². The van der Waals surface area contributed by atoms with Crippen LogP contribution in [0.25, 0.3) is 0 Å². The van der Waals surface area contributed by atoms with E-state index in [0.29, 0.717) is 11.3 Å². The zero-order chi connectivity index (χ0) is 18.4. The lowest BCUT2D eigenvalue weighted by Crippen LogP contribution is -2.35. The summed E-state index contributed by atoms with van der Waals surface area (Å²) >= 11 is 3.44. The summed E-state index contributed by atoms with van der Waals surface area (Å²) in [5.74, 6) is -0.129. The average molecular weight is 416 g/mol. The highest BCUT2D eigenvalue weighted by Crippen LogP contribution is 2.21. The molecule has 0 atom stereocenters. The molecule has 0 saturated carbocycles. The first kappa shape index (κ1) is 18.5. The quantitative estimate of drug-likeness (QED) is 0.771. The van der Waals surface area contributed by atoms with Crippen LogP contribution < -0.4 is 10.6 Å². The van der Waals surface area contributed by atoms with E-state index in [1.165, 1.54) is 6.42 Å². The lowest BCUT2D eigenvalue weighted by Gasteiger charge is -2.26. The van der Waals surface area contributed by atoms with Crippen molar-refractivity contribution in [2.75, 3.05) is 30.3 Å². The molecule has 136 valence electrons. The van der Waals surface area contributed by atoms with E-state index in [2.05, 4.69) is 26.6 Å². The normalized spacial score (nSPS) is 14.0. The number of carbonyl (C=O) groups excluding carboxylic acids is 2. The molecule has 5 nitrogen and oxygen atoms in total. The van der Waals surface area contributed by atoms with Crippen LogP contribution in [0.3, 0.4) is 0 Å². The predicted molar refractivity (Wildman–Crippen MR) is 107 cm³/mol. The van der Waals surface area contributed by atoms with Crippen molar-refractivity contribution in [2.24, 2.45) is 0 Å². The van der Waals surface area contributed by atoms with Gasteiger partial charge in [0.25, 0.3) is 5.91 Å². The first-order valence-electron chi connectivity index (χ1n) is 8.81. The van der Waals surface area contributed by atoms with Gasteiger partial charge < -0.3 is 15.5 Å². The maximum atomic E-state index is 12.6. The number of piperidine rings is 1. The number of nitrogens with one attached hydrogen (secondary N) is 2. The van der Waals surface area contributed by atoms with Crippen LogP contribution in [0.5, 0.6) is 0 Å². The van der Waals surface area contributed by atoms with Gasteiger partial charge in [-0.1, -0.05) is 18.2 Å². The fourth-order valence-corrected chi connectivity index (χ4v) is 3.42. The molecule has 2 aromatic carbocycles. The molecule has 1 saturated heterocycles. The van der Waals surface area contributed by atoms with Crippen LogP contribution in [0.2, 0.25) is 0 Å². The van der Waals surface area contributed by atoms with Crippen LogP contribution in [0.1, 0.15) is 29.6 Å². The SMILES string of the molecule is O=C(CNc1ccccc1Br)Nc1cccc(C(=O)N2CCCCC2)c1. The van der Waals surface area contributed by atoms with Gasteiger partial charge in [-0.2, -0.15) is 0 Å².